The number of carboxylic acids is 1. The number of hydrogen-bond donors (Lipinski definition) is 5. The maximum atomic E-state index is 14.8. The Bertz CT molecular complexity index is 796. The number of benzene rings is 1. The van der Waals surface area contributed by atoms with Crippen molar-refractivity contribution in [2.24, 2.45) is 16.5 Å². The fraction of sp³-hybridized carbons (Fsp3) is 0.556. The number of nitrogens with one attached hydrogen (secondary N) is 2. The van der Waals surface area contributed by atoms with E-state index in [4.69, 9.17) is 11.5 Å². The summed E-state index contributed by atoms with van der Waals surface area (Å²) in [6.07, 6.45) is 3.27. The van der Waals surface area contributed by atoms with Crippen LogP contribution in [0, 0.1) is 5.82 Å². The zero-order valence-electron chi connectivity index (χ0n) is 15.6. The summed E-state index contributed by atoms with van der Waals surface area (Å²) in [4.78, 5) is 19.6. The van der Waals surface area contributed by atoms with Gasteiger partial charge >= 0.3 is 5.97 Å². The predicted molar refractivity (Wildman–Crippen MR) is 103 cm³/mol. The fourth-order valence-electron chi connectivity index (χ4n) is 4.47. The quantitative estimate of drug-likeness (QED) is 0.478. The highest BCUT2D eigenvalue weighted by molar-refractivity contribution is 5.79. The van der Waals surface area contributed by atoms with E-state index in [9.17, 15) is 14.3 Å². The van der Waals surface area contributed by atoms with Crippen LogP contribution in [0.25, 0.3) is 0 Å². The van der Waals surface area contributed by atoms with Crippen LogP contribution in [0.1, 0.15) is 31.2 Å². The molecule has 152 valence electrons. The number of halogens is 1. The maximum absolute atomic E-state index is 14.8. The third-order valence-corrected chi connectivity index (χ3v) is 5.92. The Morgan fingerprint density at radius 3 is 2.64 bits per heavy atom. The van der Waals surface area contributed by atoms with Crippen LogP contribution in [-0.4, -0.2) is 53.7 Å². The Balaban J connectivity index is 1.43. The lowest BCUT2D eigenvalue weighted by Gasteiger charge is -2.39. The molecule has 0 saturated carbocycles. The Labute approximate surface area is 162 Å². The zero-order chi connectivity index (χ0) is 19.9. The predicted octanol–water partition coefficient (Wildman–Crippen LogP) is -0.165. The molecule has 1 aromatic carbocycles. The lowest BCUT2D eigenvalue weighted by atomic mass is 10.0. The van der Waals surface area contributed by atoms with E-state index in [1.54, 1.807) is 12.1 Å². The molecule has 0 spiro atoms. The molecule has 0 bridgehead atoms. The molecule has 10 heteroatoms. The molecule has 0 amide bonds. The van der Waals surface area contributed by atoms with E-state index in [1.165, 1.54) is 6.07 Å². The number of anilines is 1. The minimum absolute atomic E-state index is 0.149. The van der Waals surface area contributed by atoms with Crippen LogP contribution < -0.4 is 27.2 Å². The summed E-state index contributed by atoms with van der Waals surface area (Å²) in [6.45, 7) is 2.19. The van der Waals surface area contributed by atoms with Crippen molar-refractivity contribution in [1.29, 1.82) is 0 Å². The van der Waals surface area contributed by atoms with Crippen LogP contribution in [0.15, 0.2) is 23.2 Å². The largest absolute Gasteiger partial charge is 0.480 e. The molecule has 3 aliphatic rings. The lowest BCUT2D eigenvalue weighted by molar-refractivity contribution is -0.143. The minimum Gasteiger partial charge on any atom is -0.480 e. The van der Waals surface area contributed by atoms with E-state index in [2.05, 4.69) is 20.7 Å². The highest BCUT2D eigenvalue weighted by Gasteiger charge is 2.37. The average Bonchev–Trinajstić information content (AvgIpc) is 3.29. The van der Waals surface area contributed by atoms with Gasteiger partial charge in [-0.1, -0.05) is 6.07 Å². The number of hydrazine groups is 1. The molecular weight excluding hydrogens is 365 g/mol. The van der Waals surface area contributed by atoms with Gasteiger partial charge < -0.3 is 15.7 Å². The molecule has 3 heterocycles. The second kappa shape index (κ2) is 7.19. The molecule has 3 aliphatic heterocycles. The van der Waals surface area contributed by atoms with Crippen molar-refractivity contribution in [2.45, 2.75) is 43.6 Å². The van der Waals surface area contributed by atoms with Gasteiger partial charge in [-0.2, -0.15) is 5.43 Å². The molecule has 2 atom stereocenters. The van der Waals surface area contributed by atoms with Gasteiger partial charge in [-0.05, 0) is 44.4 Å². The molecule has 0 aromatic heterocycles. The van der Waals surface area contributed by atoms with Crippen molar-refractivity contribution in [1.82, 2.24) is 15.8 Å². The second-order valence-corrected chi connectivity index (χ2v) is 7.63. The minimum atomic E-state index is -1.29. The van der Waals surface area contributed by atoms with Crippen LogP contribution in [-0.2, 0) is 10.6 Å². The number of guanidine groups is 1. The first-order valence-electron chi connectivity index (χ1n) is 9.58. The van der Waals surface area contributed by atoms with Gasteiger partial charge in [0.2, 0.25) is 11.7 Å². The van der Waals surface area contributed by atoms with Gasteiger partial charge in [0, 0.05) is 24.7 Å². The molecule has 2 saturated heterocycles. The third kappa shape index (κ3) is 3.38. The Hall–Kier alpha value is -2.43. The molecule has 2 fully saturated rings. The maximum Gasteiger partial charge on any atom is 0.320 e. The Morgan fingerprint density at radius 2 is 2.04 bits per heavy atom. The summed E-state index contributed by atoms with van der Waals surface area (Å²) < 4.78 is 14.8. The first-order valence-corrected chi connectivity index (χ1v) is 9.58. The van der Waals surface area contributed by atoms with Crippen LogP contribution in [0.2, 0.25) is 0 Å². The van der Waals surface area contributed by atoms with E-state index in [-0.39, 0.29) is 23.9 Å². The number of rotatable bonds is 4. The van der Waals surface area contributed by atoms with Crippen molar-refractivity contribution >= 4 is 17.6 Å². The van der Waals surface area contributed by atoms with Crippen molar-refractivity contribution in [3.8, 4) is 0 Å². The normalized spacial score (nSPS) is 29.0. The zero-order valence-corrected chi connectivity index (χ0v) is 15.6. The van der Waals surface area contributed by atoms with Crippen LogP contribution in [0.5, 0.6) is 0 Å². The molecule has 4 rings (SSSR count). The number of carbonyl (C=O) groups is 1. The van der Waals surface area contributed by atoms with Crippen molar-refractivity contribution in [2.75, 3.05) is 24.5 Å². The molecule has 1 unspecified atom stereocenters. The van der Waals surface area contributed by atoms with Crippen molar-refractivity contribution < 1.29 is 14.3 Å². The lowest BCUT2D eigenvalue weighted by Crippen LogP contribution is -2.50. The van der Waals surface area contributed by atoms with E-state index in [0.29, 0.717) is 30.8 Å². The number of carboxylic acid groups (broad SMARTS) is 1. The first-order chi connectivity index (χ1) is 13.4. The smallest absolute Gasteiger partial charge is 0.320 e. The SMILES string of the molecule is NC1=NC(N)(c2ccc(N3CCC(N4CCC[C@H]4C(=O)O)CC3)c(F)c2)NN1. The second-order valence-electron chi connectivity index (χ2n) is 7.63. The van der Waals surface area contributed by atoms with Crippen molar-refractivity contribution in [3.63, 3.8) is 0 Å². The van der Waals surface area contributed by atoms with Gasteiger partial charge in [0.05, 0.1) is 5.69 Å². The van der Waals surface area contributed by atoms with E-state index >= 15 is 0 Å². The summed E-state index contributed by atoms with van der Waals surface area (Å²) >= 11 is 0. The summed E-state index contributed by atoms with van der Waals surface area (Å²) in [5.74, 6) is -2.25. The van der Waals surface area contributed by atoms with E-state index in [0.717, 1.165) is 25.8 Å². The van der Waals surface area contributed by atoms with Gasteiger partial charge in [-0.3, -0.25) is 20.9 Å². The van der Waals surface area contributed by atoms with E-state index in [1.807, 2.05) is 4.90 Å². The number of likely N-dealkylation sites (tertiary alicyclic amines) is 1. The molecule has 28 heavy (non-hydrogen) atoms. The van der Waals surface area contributed by atoms with Crippen LogP contribution in [0.3, 0.4) is 0 Å². The van der Waals surface area contributed by atoms with Gasteiger partial charge in [0.25, 0.3) is 0 Å². The molecule has 0 radical (unpaired) electrons. The highest BCUT2D eigenvalue weighted by atomic mass is 19.1. The third-order valence-electron chi connectivity index (χ3n) is 5.92. The number of nitrogens with zero attached hydrogens (tertiary/aromatic N) is 3. The highest BCUT2D eigenvalue weighted by Crippen LogP contribution is 2.31. The molecule has 7 N–H and O–H groups in total. The van der Waals surface area contributed by atoms with Gasteiger partial charge in [0.15, 0.2) is 0 Å². The standard InChI is InChI=1S/C18H26FN7O2/c19-13-10-11(18(21)22-17(20)23-24-18)3-4-14(13)25-8-5-12(6-9-25)26-7-1-2-15(26)16(27)28/h3-4,10,12,15,24H,1-2,5-9,21H2,(H,27,28)(H3,20,22,23)/t15-,18?/m0/s1. The summed E-state index contributed by atoms with van der Waals surface area (Å²) in [7, 11) is 0. The average molecular weight is 391 g/mol. The first kappa shape index (κ1) is 18.9. The number of aliphatic carboxylic acids is 1. The molecule has 1 aromatic rings. The topological polar surface area (TPSA) is 132 Å². The van der Waals surface area contributed by atoms with Gasteiger partial charge in [-0.15, -0.1) is 0 Å². The number of piperidine rings is 1. The number of hydrogen-bond acceptors (Lipinski definition) is 8. The molecule has 9 nitrogen and oxygen atoms in total. The number of nitrogens with two attached hydrogens (primary N) is 2. The fourth-order valence-corrected chi connectivity index (χ4v) is 4.47. The summed E-state index contributed by atoms with van der Waals surface area (Å²) in [5.41, 5.74) is 18.1. The van der Waals surface area contributed by atoms with E-state index < -0.39 is 11.8 Å². The van der Waals surface area contributed by atoms with Gasteiger partial charge in [-0.25, -0.2) is 9.38 Å². The number of aliphatic imine (C=N–C) groups is 1. The monoisotopic (exact) mass is 391 g/mol. The van der Waals surface area contributed by atoms with Crippen molar-refractivity contribution in [3.05, 3.63) is 29.6 Å². The Kier molecular flexibility index (Phi) is 4.86. The van der Waals surface area contributed by atoms with Crippen LogP contribution in [0.4, 0.5) is 10.1 Å². The van der Waals surface area contributed by atoms with Crippen LogP contribution >= 0.6 is 0 Å². The molecular formula is C18H26FN7O2. The molecule has 0 aliphatic carbocycles. The van der Waals surface area contributed by atoms with Gasteiger partial charge in [0.1, 0.15) is 11.9 Å². The summed E-state index contributed by atoms with van der Waals surface area (Å²) in [6, 6.07) is 4.68. The Morgan fingerprint density at radius 1 is 1.29 bits per heavy atom. The summed E-state index contributed by atoms with van der Waals surface area (Å²) in [5, 5.41) is 9.40.